The molecule has 5 nitrogen and oxygen atoms in total. The van der Waals surface area contributed by atoms with Gasteiger partial charge in [0.05, 0.1) is 19.3 Å². The SMILES string of the molecule is CC(C)=CCC1(C(C)O)CN(C(=O)OC(C)(C)C)CCO1. The Kier molecular flexibility index (Phi) is 5.82. The van der Waals surface area contributed by atoms with Gasteiger partial charge in [-0.1, -0.05) is 11.6 Å². The van der Waals surface area contributed by atoms with Crippen molar-refractivity contribution in [2.24, 2.45) is 0 Å². The highest BCUT2D eigenvalue weighted by molar-refractivity contribution is 5.68. The summed E-state index contributed by atoms with van der Waals surface area (Å²) in [6.45, 7) is 12.5. The second kappa shape index (κ2) is 6.79. The normalized spacial score (nSPS) is 24.4. The molecular weight excluding hydrogens is 270 g/mol. The monoisotopic (exact) mass is 299 g/mol. The van der Waals surface area contributed by atoms with E-state index in [2.05, 4.69) is 0 Å². The van der Waals surface area contributed by atoms with Gasteiger partial charge in [0, 0.05) is 6.54 Å². The van der Waals surface area contributed by atoms with Gasteiger partial charge in [0.1, 0.15) is 11.2 Å². The van der Waals surface area contributed by atoms with Crippen molar-refractivity contribution in [1.29, 1.82) is 0 Å². The average Bonchev–Trinajstić information content (AvgIpc) is 2.34. The Bertz CT molecular complexity index is 394. The second-order valence-electron chi connectivity index (χ2n) is 6.98. The lowest BCUT2D eigenvalue weighted by atomic mass is 9.90. The van der Waals surface area contributed by atoms with Crippen LogP contribution in [0.2, 0.25) is 0 Å². The van der Waals surface area contributed by atoms with Gasteiger partial charge < -0.3 is 19.5 Å². The summed E-state index contributed by atoms with van der Waals surface area (Å²) in [6.07, 6.45) is 1.59. The van der Waals surface area contributed by atoms with Crippen LogP contribution < -0.4 is 0 Å². The molecule has 0 aromatic carbocycles. The van der Waals surface area contributed by atoms with Gasteiger partial charge in [-0.15, -0.1) is 0 Å². The molecule has 1 heterocycles. The number of aliphatic hydroxyl groups excluding tert-OH is 1. The van der Waals surface area contributed by atoms with Gasteiger partial charge in [-0.05, 0) is 48.0 Å². The van der Waals surface area contributed by atoms with Crippen molar-refractivity contribution in [2.45, 2.75) is 65.3 Å². The third-order valence-electron chi connectivity index (χ3n) is 3.48. The number of allylic oxidation sites excluding steroid dienone is 1. The smallest absolute Gasteiger partial charge is 0.410 e. The van der Waals surface area contributed by atoms with Gasteiger partial charge in [0.15, 0.2) is 0 Å². The number of ether oxygens (including phenoxy) is 2. The zero-order valence-corrected chi connectivity index (χ0v) is 14.1. The third-order valence-corrected chi connectivity index (χ3v) is 3.48. The van der Waals surface area contributed by atoms with Crippen LogP contribution in [0.3, 0.4) is 0 Å². The molecule has 1 N–H and O–H groups in total. The Labute approximate surface area is 127 Å². The summed E-state index contributed by atoms with van der Waals surface area (Å²) < 4.78 is 11.3. The summed E-state index contributed by atoms with van der Waals surface area (Å²) in [4.78, 5) is 13.8. The molecule has 0 radical (unpaired) electrons. The predicted molar refractivity (Wildman–Crippen MR) is 82.2 cm³/mol. The molecule has 1 aliphatic rings. The minimum absolute atomic E-state index is 0.337. The molecular formula is C16H29NO4. The van der Waals surface area contributed by atoms with Gasteiger partial charge in [-0.25, -0.2) is 4.79 Å². The van der Waals surface area contributed by atoms with Crippen LogP contribution in [0, 0.1) is 0 Å². The van der Waals surface area contributed by atoms with E-state index in [1.54, 1.807) is 11.8 Å². The van der Waals surface area contributed by atoms with E-state index >= 15 is 0 Å². The summed E-state index contributed by atoms with van der Waals surface area (Å²) in [6, 6.07) is 0. The van der Waals surface area contributed by atoms with Gasteiger partial charge in [-0.2, -0.15) is 0 Å². The maximum Gasteiger partial charge on any atom is 0.410 e. The Morgan fingerprint density at radius 2 is 2.10 bits per heavy atom. The molecule has 5 heteroatoms. The Balaban J connectivity index is 2.84. The van der Waals surface area contributed by atoms with Crippen LogP contribution in [0.5, 0.6) is 0 Å². The van der Waals surface area contributed by atoms with Crippen LogP contribution in [-0.4, -0.2) is 53.1 Å². The van der Waals surface area contributed by atoms with E-state index in [4.69, 9.17) is 9.47 Å². The van der Waals surface area contributed by atoms with Crippen LogP contribution in [0.1, 0.15) is 48.0 Å². The molecule has 0 aliphatic carbocycles. The maximum absolute atomic E-state index is 12.2. The van der Waals surface area contributed by atoms with E-state index in [-0.39, 0.29) is 6.09 Å². The number of hydrogen-bond donors (Lipinski definition) is 1. The lowest BCUT2D eigenvalue weighted by molar-refractivity contribution is -0.157. The average molecular weight is 299 g/mol. The van der Waals surface area contributed by atoms with Gasteiger partial charge in [0.2, 0.25) is 0 Å². The molecule has 1 aliphatic heterocycles. The molecule has 1 fully saturated rings. The van der Waals surface area contributed by atoms with Gasteiger partial charge in [-0.3, -0.25) is 0 Å². The van der Waals surface area contributed by atoms with Crippen molar-refractivity contribution in [3.05, 3.63) is 11.6 Å². The topological polar surface area (TPSA) is 59.0 Å². The molecule has 1 saturated heterocycles. The lowest BCUT2D eigenvalue weighted by Crippen LogP contribution is -2.59. The molecule has 0 saturated carbocycles. The first kappa shape index (κ1) is 18.0. The summed E-state index contributed by atoms with van der Waals surface area (Å²) >= 11 is 0. The summed E-state index contributed by atoms with van der Waals surface area (Å²) in [5.41, 5.74) is -0.122. The van der Waals surface area contributed by atoms with E-state index in [1.807, 2.05) is 40.7 Å². The Morgan fingerprint density at radius 3 is 2.57 bits per heavy atom. The minimum Gasteiger partial charge on any atom is -0.444 e. The van der Waals surface area contributed by atoms with E-state index in [0.717, 1.165) is 5.57 Å². The molecule has 0 spiro atoms. The molecule has 0 bridgehead atoms. The fraction of sp³-hybridized carbons (Fsp3) is 0.812. The van der Waals surface area contributed by atoms with Gasteiger partial charge in [0.25, 0.3) is 0 Å². The number of rotatable bonds is 3. The molecule has 2 unspecified atom stereocenters. The third kappa shape index (κ3) is 5.32. The fourth-order valence-electron chi connectivity index (χ4n) is 2.21. The van der Waals surface area contributed by atoms with Crippen molar-refractivity contribution in [3.8, 4) is 0 Å². The van der Waals surface area contributed by atoms with E-state index < -0.39 is 17.3 Å². The first-order valence-electron chi connectivity index (χ1n) is 7.49. The molecule has 21 heavy (non-hydrogen) atoms. The first-order valence-corrected chi connectivity index (χ1v) is 7.49. The van der Waals surface area contributed by atoms with Crippen molar-refractivity contribution in [1.82, 2.24) is 4.90 Å². The molecule has 122 valence electrons. The highest BCUT2D eigenvalue weighted by Crippen LogP contribution is 2.28. The Morgan fingerprint density at radius 1 is 1.48 bits per heavy atom. The fourth-order valence-corrected chi connectivity index (χ4v) is 2.21. The molecule has 1 rings (SSSR count). The van der Waals surface area contributed by atoms with Crippen LogP contribution >= 0.6 is 0 Å². The van der Waals surface area contributed by atoms with Crippen molar-refractivity contribution in [3.63, 3.8) is 0 Å². The van der Waals surface area contributed by atoms with E-state index in [0.29, 0.717) is 26.1 Å². The number of carbonyl (C=O) groups excluding carboxylic acids is 1. The summed E-state index contributed by atoms with van der Waals surface area (Å²) in [5, 5.41) is 10.1. The van der Waals surface area contributed by atoms with Crippen molar-refractivity contribution >= 4 is 6.09 Å². The molecule has 0 aromatic heterocycles. The van der Waals surface area contributed by atoms with Crippen LogP contribution in [-0.2, 0) is 9.47 Å². The standard InChI is InChI=1S/C16H29NO4/c1-12(2)7-8-16(13(3)18)11-17(9-10-20-16)14(19)21-15(4,5)6/h7,13,18H,8-11H2,1-6H3. The number of hydrogen-bond acceptors (Lipinski definition) is 4. The maximum atomic E-state index is 12.2. The van der Waals surface area contributed by atoms with E-state index in [1.165, 1.54) is 0 Å². The van der Waals surface area contributed by atoms with Crippen LogP contribution in [0.4, 0.5) is 4.79 Å². The molecule has 1 amide bonds. The van der Waals surface area contributed by atoms with Crippen LogP contribution in [0.25, 0.3) is 0 Å². The summed E-state index contributed by atoms with van der Waals surface area (Å²) in [7, 11) is 0. The molecule has 0 aromatic rings. The summed E-state index contributed by atoms with van der Waals surface area (Å²) in [5.74, 6) is 0. The molecule has 2 atom stereocenters. The van der Waals surface area contributed by atoms with Crippen molar-refractivity contribution < 1.29 is 19.4 Å². The largest absolute Gasteiger partial charge is 0.444 e. The Hall–Kier alpha value is -1.07. The highest BCUT2D eigenvalue weighted by Gasteiger charge is 2.42. The van der Waals surface area contributed by atoms with Crippen LogP contribution in [0.15, 0.2) is 11.6 Å². The highest BCUT2D eigenvalue weighted by atomic mass is 16.6. The number of amides is 1. The van der Waals surface area contributed by atoms with Crippen molar-refractivity contribution in [2.75, 3.05) is 19.7 Å². The number of morpholine rings is 1. The van der Waals surface area contributed by atoms with Gasteiger partial charge >= 0.3 is 6.09 Å². The zero-order valence-electron chi connectivity index (χ0n) is 14.1. The number of nitrogens with zero attached hydrogens (tertiary/aromatic N) is 1. The number of aliphatic hydroxyl groups is 1. The first-order chi connectivity index (χ1) is 9.56. The quantitative estimate of drug-likeness (QED) is 0.814. The second-order valence-corrected chi connectivity index (χ2v) is 6.98. The minimum atomic E-state index is -0.758. The van der Waals surface area contributed by atoms with E-state index in [9.17, 15) is 9.90 Å². The lowest BCUT2D eigenvalue weighted by Gasteiger charge is -2.44. The number of carbonyl (C=O) groups is 1. The zero-order chi connectivity index (χ0) is 16.3. The predicted octanol–water partition coefficient (Wildman–Crippen LogP) is 2.73.